The van der Waals surface area contributed by atoms with E-state index in [1.165, 1.54) is 11.9 Å². The number of anilines is 1. The maximum Gasteiger partial charge on any atom is 0.342 e. The van der Waals surface area contributed by atoms with Crippen molar-refractivity contribution in [2.45, 2.75) is 27.7 Å². The number of nitriles is 1. The fraction of sp³-hybridized carbons (Fsp3) is 0.147. The lowest BCUT2D eigenvalue weighted by molar-refractivity contribution is -0.117. The Kier molecular flexibility index (Phi) is 9.54. The van der Waals surface area contributed by atoms with Crippen LogP contribution >= 0.6 is 11.8 Å². The second-order valence-electron chi connectivity index (χ2n) is 10.0. The van der Waals surface area contributed by atoms with Crippen LogP contribution < -0.4 is 10.4 Å². The molecule has 0 bridgehead atoms. The van der Waals surface area contributed by atoms with Gasteiger partial charge in [0.1, 0.15) is 22.4 Å². The van der Waals surface area contributed by atoms with Crippen LogP contribution in [-0.2, 0) is 14.3 Å². The quantitative estimate of drug-likeness (QED) is 0.0809. The first-order chi connectivity index (χ1) is 22.2. The number of nitrogens with one attached hydrogen (secondary N) is 1. The molecule has 0 unspecified atom stereocenters. The molecule has 2 heterocycles. The molecule has 0 saturated heterocycles. The monoisotopic (exact) mass is 631 g/mol. The van der Waals surface area contributed by atoms with Gasteiger partial charge in [-0.3, -0.25) is 9.59 Å². The van der Waals surface area contributed by atoms with Gasteiger partial charge in [-0.05, 0) is 56.8 Å². The number of thioether (sulfide) groups is 1. The summed E-state index contributed by atoms with van der Waals surface area (Å²) in [4.78, 5) is 39.1. The third kappa shape index (κ3) is 6.50. The van der Waals surface area contributed by atoms with Crippen molar-refractivity contribution in [3.05, 3.63) is 112 Å². The van der Waals surface area contributed by atoms with Crippen molar-refractivity contribution in [2.75, 3.05) is 11.6 Å². The zero-order chi connectivity index (χ0) is 32.8. The van der Waals surface area contributed by atoms with Crippen LogP contribution in [0.3, 0.4) is 0 Å². The summed E-state index contributed by atoms with van der Waals surface area (Å²) in [5.74, 6) is -1.74. The van der Waals surface area contributed by atoms with Crippen molar-refractivity contribution in [3.63, 3.8) is 0 Å². The van der Waals surface area contributed by atoms with Gasteiger partial charge in [-0.25, -0.2) is 19.9 Å². The molecule has 1 N–H and O–H groups in total. The van der Waals surface area contributed by atoms with Crippen molar-refractivity contribution in [1.82, 2.24) is 15.2 Å². The predicted molar refractivity (Wildman–Crippen MR) is 177 cm³/mol. The number of rotatable bonds is 9. The third-order valence-corrected chi connectivity index (χ3v) is 7.92. The number of carbonyl (C=O) groups excluding carboxylic acids is 3. The van der Waals surface area contributed by atoms with E-state index in [2.05, 4.69) is 15.6 Å². The van der Waals surface area contributed by atoms with Gasteiger partial charge in [0.05, 0.1) is 29.4 Å². The fourth-order valence-corrected chi connectivity index (χ4v) is 5.50. The van der Waals surface area contributed by atoms with Crippen LogP contribution in [0.4, 0.5) is 5.69 Å². The summed E-state index contributed by atoms with van der Waals surface area (Å²) in [6, 6.07) is 27.8. The number of ketones is 1. The minimum Gasteiger partial charge on any atom is -0.462 e. The number of amides is 1. The molecule has 1 aromatic heterocycles. The summed E-state index contributed by atoms with van der Waals surface area (Å²) in [5.41, 5.74) is 6.17. The van der Waals surface area contributed by atoms with Gasteiger partial charge in [0.15, 0.2) is 16.4 Å². The average molecular weight is 632 g/mol. The Morgan fingerprint density at radius 1 is 0.957 bits per heavy atom. The molecule has 46 heavy (non-hydrogen) atoms. The molecule has 1 amide bonds. The van der Waals surface area contributed by atoms with Crippen LogP contribution in [0.5, 0.6) is 0 Å². The van der Waals surface area contributed by atoms with E-state index in [0.29, 0.717) is 17.1 Å². The van der Waals surface area contributed by atoms with E-state index in [-0.39, 0.29) is 45.0 Å². The number of aromatic nitrogens is 2. The summed E-state index contributed by atoms with van der Waals surface area (Å²) in [6.07, 6.45) is 0. The van der Waals surface area contributed by atoms with Gasteiger partial charge in [-0.1, -0.05) is 66.2 Å². The van der Waals surface area contributed by atoms with Crippen molar-refractivity contribution in [3.8, 4) is 23.0 Å². The predicted octanol–water partition coefficient (Wildman–Crippen LogP) is 5.76. The van der Waals surface area contributed by atoms with Crippen molar-refractivity contribution < 1.29 is 19.1 Å². The molecule has 0 fully saturated rings. The van der Waals surface area contributed by atoms with Gasteiger partial charge in [-0.2, -0.15) is 20.6 Å². The largest absolute Gasteiger partial charge is 0.462 e. The van der Waals surface area contributed by atoms with E-state index in [1.54, 1.807) is 30.7 Å². The molecular weight excluding hydrogens is 602 g/mol. The molecule has 5 rings (SSSR count). The number of para-hydroxylation sites is 1. The molecule has 0 aliphatic carbocycles. The Labute approximate surface area is 269 Å². The smallest absolute Gasteiger partial charge is 0.342 e. The van der Waals surface area contributed by atoms with Crippen LogP contribution in [0.15, 0.2) is 106 Å². The third-order valence-electron chi connectivity index (χ3n) is 6.79. The van der Waals surface area contributed by atoms with Gasteiger partial charge in [0.25, 0.3) is 5.91 Å². The normalized spacial score (nSPS) is 13.9. The Balaban J connectivity index is 1.57. The SMILES string of the molecule is CCOC(=O)c1c(/C(C)=N/NC(=O)/C(C#N)=C2/SC(C(C)=O)=NN2c2ccc(C)cc2)nn(-c2ccccc2)c1-c1ccccc1. The molecule has 1 aliphatic heterocycles. The number of hydrogen-bond acceptors (Lipinski definition) is 10. The van der Waals surface area contributed by atoms with Crippen molar-refractivity contribution >= 4 is 45.9 Å². The highest BCUT2D eigenvalue weighted by molar-refractivity contribution is 8.19. The molecule has 3 aromatic carbocycles. The van der Waals surface area contributed by atoms with Crippen LogP contribution in [-0.4, -0.2) is 44.8 Å². The first kappa shape index (κ1) is 31.6. The van der Waals surface area contributed by atoms with Crippen LogP contribution in [0.25, 0.3) is 16.9 Å². The van der Waals surface area contributed by atoms with Crippen molar-refractivity contribution in [2.24, 2.45) is 10.2 Å². The number of benzene rings is 3. The molecule has 0 radical (unpaired) electrons. The first-order valence-corrected chi connectivity index (χ1v) is 15.1. The van der Waals surface area contributed by atoms with Gasteiger partial charge in [-0.15, -0.1) is 0 Å². The van der Waals surface area contributed by atoms with E-state index in [0.717, 1.165) is 22.9 Å². The van der Waals surface area contributed by atoms with Gasteiger partial charge < -0.3 is 4.74 Å². The number of hydrazone groups is 2. The Morgan fingerprint density at radius 2 is 1.61 bits per heavy atom. The van der Waals surface area contributed by atoms with Crippen LogP contribution in [0.1, 0.15) is 42.4 Å². The minimum absolute atomic E-state index is 0.133. The number of carbonyl (C=O) groups is 3. The highest BCUT2D eigenvalue weighted by Crippen LogP contribution is 2.37. The lowest BCUT2D eigenvalue weighted by Crippen LogP contribution is -2.24. The second-order valence-corrected chi connectivity index (χ2v) is 11.0. The zero-order valence-electron chi connectivity index (χ0n) is 25.5. The summed E-state index contributed by atoms with van der Waals surface area (Å²) in [7, 11) is 0. The Morgan fingerprint density at radius 3 is 2.22 bits per heavy atom. The number of hydrogen-bond donors (Lipinski definition) is 1. The summed E-state index contributed by atoms with van der Waals surface area (Å²) in [6.45, 7) is 6.73. The fourth-order valence-electron chi connectivity index (χ4n) is 4.58. The number of ether oxygens (including phenoxy) is 1. The minimum atomic E-state index is -0.829. The van der Waals surface area contributed by atoms with Gasteiger partial charge in [0, 0.05) is 12.5 Å². The Hall–Kier alpha value is -5.80. The maximum absolute atomic E-state index is 13.4. The molecule has 0 spiro atoms. The standard InChI is InChI=1S/C34H29N7O4S/c1-5-45-34(44)28-29(38-40(25-14-10-7-11-15-25)30(28)24-12-8-6-9-13-24)22(3)36-37-31(43)27(20-35)33-41(39-32(46-33)23(4)42)26-18-16-21(2)17-19-26/h6-19H,5H2,1-4H3,(H,37,43)/b33-27+,36-22+. The summed E-state index contributed by atoms with van der Waals surface area (Å²) in [5, 5.41) is 25.1. The van der Waals surface area contributed by atoms with E-state index in [9.17, 15) is 19.6 Å². The number of esters is 1. The zero-order valence-corrected chi connectivity index (χ0v) is 26.3. The van der Waals surface area contributed by atoms with E-state index in [4.69, 9.17) is 9.84 Å². The topological polar surface area (TPSA) is 142 Å². The molecule has 11 nitrogen and oxygen atoms in total. The van der Waals surface area contributed by atoms with E-state index in [1.807, 2.05) is 85.8 Å². The van der Waals surface area contributed by atoms with Gasteiger partial charge in [0.2, 0.25) is 0 Å². The Bertz CT molecular complexity index is 1940. The molecule has 12 heteroatoms. The highest BCUT2D eigenvalue weighted by atomic mass is 32.2. The number of aryl methyl sites for hydroxylation is 1. The van der Waals surface area contributed by atoms with Crippen molar-refractivity contribution in [1.29, 1.82) is 5.26 Å². The van der Waals surface area contributed by atoms with Crippen LogP contribution in [0.2, 0.25) is 0 Å². The van der Waals surface area contributed by atoms with Gasteiger partial charge >= 0.3 is 5.97 Å². The maximum atomic E-state index is 13.4. The number of Topliss-reactive ketones (excluding diaryl/α,β-unsaturated/α-hetero) is 1. The number of nitrogens with zero attached hydrogens (tertiary/aromatic N) is 6. The lowest BCUT2D eigenvalue weighted by Gasteiger charge is -2.16. The molecule has 1 aliphatic rings. The van der Waals surface area contributed by atoms with E-state index >= 15 is 0 Å². The molecule has 0 atom stereocenters. The molecular formula is C34H29N7O4S. The molecule has 0 saturated carbocycles. The highest BCUT2D eigenvalue weighted by Gasteiger charge is 2.32. The second kappa shape index (κ2) is 13.9. The molecule has 4 aromatic rings. The lowest BCUT2D eigenvalue weighted by atomic mass is 10.0. The van der Waals surface area contributed by atoms with E-state index < -0.39 is 11.9 Å². The van der Waals surface area contributed by atoms with Crippen LogP contribution in [0, 0.1) is 18.3 Å². The first-order valence-electron chi connectivity index (χ1n) is 14.3. The average Bonchev–Trinajstić information content (AvgIpc) is 3.69. The summed E-state index contributed by atoms with van der Waals surface area (Å²) >= 11 is 0.927. The summed E-state index contributed by atoms with van der Waals surface area (Å²) < 4.78 is 7.07. The molecule has 230 valence electrons.